The van der Waals surface area contributed by atoms with Crippen molar-refractivity contribution in [3.8, 4) is 0 Å². The van der Waals surface area contributed by atoms with Gasteiger partial charge in [-0.1, -0.05) is 155 Å². The summed E-state index contributed by atoms with van der Waals surface area (Å²) in [6, 6.07) is 0. The first kappa shape index (κ1) is 35.1. The maximum Gasteiger partial charge on any atom is 0.302 e. The van der Waals surface area contributed by atoms with Crippen molar-refractivity contribution in [2.24, 2.45) is 0 Å². The lowest BCUT2D eigenvalue weighted by molar-refractivity contribution is -0.141. The molecule has 0 saturated heterocycles. The average molecular weight is 509 g/mol. The molecular formula is C33H64O3. The third-order valence-corrected chi connectivity index (χ3v) is 7.46. The number of carbonyl (C=O) groups is 2. The van der Waals surface area contributed by atoms with Crippen LogP contribution in [0.3, 0.4) is 0 Å². The van der Waals surface area contributed by atoms with Crippen LogP contribution in [0.25, 0.3) is 0 Å². The summed E-state index contributed by atoms with van der Waals surface area (Å²) < 4.78 is 4.96. The number of rotatable bonds is 30. The third kappa shape index (κ3) is 31.2. The van der Waals surface area contributed by atoms with Crippen LogP contribution in [-0.4, -0.2) is 18.4 Å². The van der Waals surface area contributed by atoms with Crippen LogP contribution in [0.4, 0.5) is 0 Å². The van der Waals surface area contributed by atoms with Crippen LogP contribution in [0.1, 0.15) is 194 Å². The largest absolute Gasteiger partial charge is 0.466 e. The van der Waals surface area contributed by atoms with Gasteiger partial charge in [0.25, 0.3) is 0 Å². The van der Waals surface area contributed by atoms with Gasteiger partial charge < -0.3 is 4.74 Å². The molecule has 0 spiro atoms. The number of Topliss-reactive ketones (excluding diaryl/α,β-unsaturated/α-hetero) is 1. The first-order valence-electron chi connectivity index (χ1n) is 16.3. The highest BCUT2D eigenvalue weighted by molar-refractivity contribution is 5.78. The fourth-order valence-corrected chi connectivity index (χ4v) is 5.05. The molecule has 3 heteroatoms. The van der Waals surface area contributed by atoms with E-state index in [1.165, 1.54) is 155 Å². The molecule has 0 saturated carbocycles. The van der Waals surface area contributed by atoms with E-state index in [2.05, 4.69) is 6.92 Å². The Morgan fingerprint density at radius 2 is 0.694 bits per heavy atom. The molecule has 0 heterocycles. The first-order valence-corrected chi connectivity index (χ1v) is 16.3. The second-order valence-electron chi connectivity index (χ2n) is 11.2. The van der Waals surface area contributed by atoms with Gasteiger partial charge in [0, 0.05) is 19.8 Å². The molecule has 0 aromatic carbocycles. The molecule has 36 heavy (non-hydrogen) atoms. The molecule has 0 aliphatic heterocycles. The summed E-state index contributed by atoms with van der Waals surface area (Å²) in [5.41, 5.74) is 0. The summed E-state index contributed by atoms with van der Waals surface area (Å²) in [6.45, 7) is 4.30. The minimum atomic E-state index is -0.155. The summed E-state index contributed by atoms with van der Waals surface area (Å²) in [7, 11) is 0. The SMILES string of the molecule is CCCCCCC(=O)CCCCCCCCCCCCCCCCCCCCCCCCOC(C)=O. The zero-order valence-electron chi connectivity index (χ0n) is 24.7. The van der Waals surface area contributed by atoms with Gasteiger partial charge in [0.1, 0.15) is 5.78 Å². The van der Waals surface area contributed by atoms with Gasteiger partial charge in [-0.15, -0.1) is 0 Å². The Labute approximate surface area is 226 Å². The summed E-state index contributed by atoms with van der Waals surface area (Å²) in [6.07, 6.45) is 36.2. The van der Waals surface area contributed by atoms with Crippen molar-refractivity contribution in [2.75, 3.05) is 6.61 Å². The van der Waals surface area contributed by atoms with E-state index in [0.29, 0.717) is 12.4 Å². The number of ether oxygens (including phenoxy) is 1. The average Bonchev–Trinajstić information content (AvgIpc) is 2.86. The quantitative estimate of drug-likeness (QED) is 0.0715. The smallest absolute Gasteiger partial charge is 0.302 e. The van der Waals surface area contributed by atoms with E-state index in [4.69, 9.17) is 4.74 Å². The monoisotopic (exact) mass is 508 g/mol. The maximum absolute atomic E-state index is 11.8. The molecule has 0 atom stereocenters. The lowest BCUT2D eigenvalue weighted by atomic mass is 10.0. The Hall–Kier alpha value is -0.860. The van der Waals surface area contributed by atoms with E-state index in [-0.39, 0.29) is 5.97 Å². The predicted molar refractivity (Wildman–Crippen MR) is 157 cm³/mol. The van der Waals surface area contributed by atoms with Gasteiger partial charge in [-0.25, -0.2) is 0 Å². The van der Waals surface area contributed by atoms with Crippen molar-refractivity contribution in [1.82, 2.24) is 0 Å². The van der Waals surface area contributed by atoms with E-state index in [1.807, 2.05) is 0 Å². The van der Waals surface area contributed by atoms with E-state index < -0.39 is 0 Å². The van der Waals surface area contributed by atoms with Gasteiger partial charge in [0.05, 0.1) is 6.61 Å². The molecule has 0 fully saturated rings. The molecule has 0 aromatic heterocycles. The molecule has 0 aromatic rings. The Bertz CT molecular complexity index is 460. The molecule has 0 unspecified atom stereocenters. The zero-order chi connectivity index (χ0) is 26.4. The molecule has 0 N–H and O–H groups in total. The standard InChI is InChI=1S/C33H64O3/c1-3-4-5-26-29-33(35)30-27-24-22-20-18-16-14-12-10-8-6-7-9-11-13-15-17-19-21-23-25-28-31-36-32(2)34/h3-31H2,1-2H3. The number of carbonyl (C=O) groups excluding carboxylic acids is 2. The van der Waals surface area contributed by atoms with Crippen LogP contribution < -0.4 is 0 Å². The number of esters is 1. The normalized spacial score (nSPS) is 11.2. The molecular weight excluding hydrogens is 444 g/mol. The van der Waals surface area contributed by atoms with Crippen molar-refractivity contribution < 1.29 is 14.3 Å². The van der Waals surface area contributed by atoms with Crippen LogP contribution in [0.15, 0.2) is 0 Å². The van der Waals surface area contributed by atoms with E-state index >= 15 is 0 Å². The fraction of sp³-hybridized carbons (Fsp3) is 0.939. The van der Waals surface area contributed by atoms with Crippen LogP contribution in [0, 0.1) is 0 Å². The van der Waals surface area contributed by atoms with Gasteiger partial charge >= 0.3 is 5.97 Å². The van der Waals surface area contributed by atoms with Gasteiger partial charge in [-0.3, -0.25) is 9.59 Å². The highest BCUT2D eigenvalue weighted by Crippen LogP contribution is 2.16. The van der Waals surface area contributed by atoms with Crippen molar-refractivity contribution in [3.63, 3.8) is 0 Å². The van der Waals surface area contributed by atoms with Crippen molar-refractivity contribution in [2.45, 2.75) is 194 Å². The Kier molecular flexibility index (Phi) is 29.6. The number of ketones is 1. The molecule has 0 bridgehead atoms. The van der Waals surface area contributed by atoms with E-state index in [1.54, 1.807) is 0 Å². The predicted octanol–water partition coefficient (Wildman–Crippen LogP) is 11.1. The summed E-state index contributed by atoms with van der Waals surface area (Å²) >= 11 is 0. The van der Waals surface area contributed by atoms with Gasteiger partial charge in [-0.2, -0.15) is 0 Å². The van der Waals surface area contributed by atoms with Crippen LogP contribution in [-0.2, 0) is 14.3 Å². The minimum absolute atomic E-state index is 0.155. The van der Waals surface area contributed by atoms with Gasteiger partial charge in [0.2, 0.25) is 0 Å². The first-order chi connectivity index (χ1) is 17.7. The number of hydrogen-bond acceptors (Lipinski definition) is 3. The number of unbranched alkanes of at least 4 members (excludes halogenated alkanes) is 24. The Balaban J connectivity index is 3.08. The summed E-state index contributed by atoms with van der Waals surface area (Å²) in [4.78, 5) is 22.5. The third-order valence-electron chi connectivity index (χ3n) is 7.46. The molecule has 3 nitrogen and oxygen atoms in total. The molecule has 0 rings (SSSR count). The lowest BCUT2D eigenvalue weighted by Gasteiger charge is -2.04. The van der Waals surface area contributed by atoms with E-state index in [9.17, 15) is 9.59 Å². The van der Waals surface area contributed by atoms with Gasteiger partial charge in [0.15, 0.2) is 0 Å². The number of hydrogen-bond donors (Lipinski definition) is 0. The molecule has 0 aliphatic carbocycles. The second-order valence-corrected chi connectivity index (χ2v) is 11.2. The maximum atomic E-state index is 11.8. The Morgan fingerprint density at radius 3 is 1.00 bits per heavy atom. The van der Waals surface area contributed by atoms with Crippen molar-refractivity contribution in [1.29, 1.82) is 0 Å². The van der Waals surface area contributed by atoms with Gasteiger partial charge in [-0.05, 0) is 19.3 Å². The lowest BCUT2D eigenvalue weighted by Crippen LogP contribution is -2.00. The summed E-state index contributed by atoms with van der Waals surface area (Å²) in [5.74, 6) is 0.344. The topological polar surface area (TPSA) is 43.4 Å². The Morgan fingerprint density at radius 1 is 0.417 bits per heavy atom. The minimum Gasteiger partial charge on any atom is -0.466 e. The van der Waals surface area contributed by atoms with Crippen molar-refractivity contribution in [3.05, 3.63) is 0 Å². The molecule has 214 valence electrons. The molecule has 0 aliphatic rings. The zero-order valence-corrected chi connectivity index (χ0v) is 24.7. The van der Waals surface area contributed by atoms with Crippen molar-refractivity contribution >= 4 is 11.8 Å². The highest BCUT2D eigenvalue weighted by Gasteiger charge is 2.02. The van der Waals surface area contributed by atoms with Crippen LogP contribution >= 0.6 is 0 Å². The highest BCUT2D eigenvalue weighted by atomic mass is 16.5. The van der Waals surface area contributed by atoms with Crippen LogP contribution in [0.5, 0.6) is 0 Å². The second kappa shape index (κ2) is 30.4. The van der Waals surface area contributed by atoms with E-state index in [0.717, 1.165) is 32.1 Å². The molecule has 0 radical (unpaired) electrons. The molecule has 0 amide bonds. The van der Waals surface area contributed by atoms with Crippen LogP contribution in [0.2, 0.25) is 0 Å². The fourth-order valence-electron chi connectivity index (χ4n) is 5.05. The summed E-state index contributed by atoms with van der Waals surface area (Å²) in [5, 5.41) is 0.